The SMILES string of the molecule is Cc1cccc(Cn2ccc(NC(=O)c3sc4ccccc4c3Cl)n2)c1. The number of hydrogen-bond acceptors (Lipinski definition) is 3. The largest absolute Gasteiger partial charge is 0.304 e. The van der Waals surface area contributed by atoms with Gasteiger partial charge in [-0.05, 0) is 18.6 Å². The predicted octanol–water partition coefficient (Wildman–Crippen LogP) is 5.36. The standard InChI is InChI=1S/C20H16ClN3OS/c1-13-5-4-6-14(11-13)12-24-10-9-17(23-24)22-20(25)19-18(21)15-7-2-3-8-16(15)26-19/h2-11H,12H2,1H3,(H,22,23,25). The Morgan fingerprint density at radius 1 is 1.19 bits per heavy atom. The summed E-state index contributed by atoms with van der Waals surface area (Å²) in [5.41, 5.74) is 2.38. The molecule has 2 heterocycles. The number of anilines is 1. The normalized spacial score (nSPS) is 11.0. The highest BCUT2D eigenvalue weighted by atomic mass is 35.5. The zero-order valence-corrected chi connectivity index (χ0v) is 15.6. The van der Waals surface area contributed by atoms with E-state index < -0.39 is 0 Å². The smallest absolute Gasteiger partial charge is 0.268 e. The van der Waals surface area contributed by atoms with Gasteiger partial charge in [-0.15, -0.1) is 11.3 Å². The second-order valence-corrected chi connectivity index (χ2v) is 7.51. The summed E-state index contributed by atoms with van der Waals surface area (Å²) in [5.74, 6) is 0.271. The lowest BCUT2D eigenvalue weighted by Crippen LogP contribution is -2.11. The van der Waals surface area contributed by atoms with Gasteiger partial charge < -0.3 is 5.32 Å². The van der Waals surface area contributed by atoms with Crippen molar-refractivity contribution in [2.24, 2.45) is 0 Å². The average Bonchev–Trinajstić information content (AvgIpc) is 3.20. The van der Waals surface area contributed by atoms with Gasteiger partial charge in [0, 0.05) is 22.3 Å². The number of carbonyl (C=O) groups is 1. The molecule has 0 saturated heterocycles. The molecule has 0 spiro atoms. The van der Waals surface area contributed by atoms with Gasteiger partial charge in [0.05, 0.1) is 11.6 Å². The van der Waals surface area contributed by atoms with Crippen molar-refractivity contribution in [3.8, 4) is 0 Å². The van der Waals surface area contributed by atoms with Crippen molar-refractivity contribution in [3.63, 3.8) is 0 Å². The Balaban J connectivity index is 1.51. The van der Waals surface area contributed by atoms with Crippen LogP contribution in [0.4, 0.5) is 5.82 Å². The molecule has 4 rings (SSSR count). The molecule has 26 heavy (non-hydrogen) atoms. The highest BCUT2D eigenvalue weighted by Gasteiger charge is 2.17. The number of benzene rings is 2. The molecule has 6 heteroatoms. The molecular formula is C20H16ClN3OS. The maximum atomic E-state index is 12.6. The number of rotatable bonds is 4. The molecule has 1 N–H and O–H groups in total. The van der Waals surface area contributed by atoms with Crippen LogP contribution in [-0.4, -0.2) is 15.7 Å². The first-order chi connectivity index (χ1) is 12.6. The zero-order valence-electron chi connectivity index (χ0n) is 14.1. The number of nitrogens with one attached hydrogen (secondary N) is 1. The van der Waals surface area contributed by atoms with Crippen molar-refractivity contribution in [1.82, 2.24) is 9.78 Å². The molecule has 0 saturated carbocycles. The lowest BCUT2D eigenvalue weighted by atomic mass is 10.1. The summed E-state index contributed by atoms with van der Waals surface area (Å²) in [6, 6.07) is 17.8. The van der Waals surface area contributed by atoms with Crippen molar-refractivity contribution in [3.05, 3.63) is 81.8 Å². The van der Waals surface area contributed by atoms with Crippen molar-refractivity contribution in [1.29, 1.82) is 0 Å². The summed E-state index contributed by atoms with van der Waals surface area (Å²) in [6.45, 7) is 2.72. The Morgan fingerprint density at radius 3 is 2.85 bits per heavy atom. The topological polar surface area (TPSA) is 46.9 Å². The van der Waals surface area contributed by atoms with Gasteiger partial charge >= 0.3 is 0 Å². The Morgan fingerprint density at radius 2 is 2.04 bits per heavy atom. The van der Waals surface area contributed by atoms with E-state index in [0.29, 0.717) is 22.3 Å². The number of nitrogens with zero attached hydrogens (tertiary/aromatic N) is 2. The number of carbonyl (C=O) groups excluding carboxylic acids is 1. The van der Waals surface area contributed by atoms with Gasteiger partial charge in [-0.2, -0.15) is 5.10 Å². The zero-order chi connectivity index (χ0) is 18.1. The number of halogens is 1. The van der Waals surface area contributed by atoms with Crippen LogP contribution in [0.5, 0.6) is 0 Å². The quantitative estimate of drug-likeness (QED) is 0.517. The molecule has 0 atom stereocenters. The monoisotopic (exact) mass is 381 g/mol. The van der Waals surface area contributed by atoms with Gasteiger partial charge in [-0.1, -0.05) is 59.6 Å². The summed E-state index contributed by atoms with van der Waals surface area (Å²) in [6.07, 6.45) is 1.85. The van der Waals surface area contributed by atoms with Gasteiger partial charge in [-0.25, -0.2) is 0 Å². The van der Waals surface area contributed by atoms with E-state index in [9.17, 15) is 4.79 Å². The molecule has 0 fully saturated rings. The Labute approximate surface area is 160 Å². The van der Waals surface area contributed by atoms with Crippen molar-refractivity contribution in [2.75, 3.05) is 5.32 Å². The minimum absolute atomic E-state index is 0.239. The van der Waals surface area contributed by atoms with Crippen LogP contribution in [0.2, 0.25) is 5.02 Å². The molecule has 0 radical (unpaired) electrons. The van der Waals surface area contributed by atoms with Gasteiger partial charge in [-0.3, -0.25) is 9.48 Å². The third kappa shape index (κ3) is 3.36. The van der Waals surface area contributed by atoms with Gasteiger partial charge in [0.15, 0.2) is 5.82 Å². The van der Waals surface area contributed by atoms with E-state index in [0.717, 1.165) is 10.1 Å². The van der Waals surface area contributed by atoms with Crippen LogP contribution < -0.4 is 5.32 Å². The molecule has 0 aliphatic carbocycles. The van der Waals surface area contributed by atoms with Crippen LogP contribution in [0.25, 0.3) is 10.1 Å². The molecule has 4 aromatic rings. The maximum absolute atomic E-state index is 12.6. The van der Waals surface area contributed by atoms with E-state index in [-0.39, 0.29) is 5.91 Å². The first-order valence-electron chi connectivity index (χ1n) is 8.17. The lowest BCUT2D eigenvalue weighted by molar-refractivity contribution is 0.103. The fraction of sp³-hybridized carbons (Fsp3) is 0.100. The highest BCUT2D eigenvalue weighted by Crippen LogP contribution is 2.35. The van der Waals surface area contributed by atoms with Crippen LogP contribution >= 0.6 is 22.9 Å². The number of fused-ring (bicyclic) bond motifs is 1. The van der Waals surface area contributed by atoms with Crippen LogP contribution in [0.3, 0.4) is 0 Å². The Bertz CT molecular complexity index is 1100. The summed E-state index contributed by atoms with van der Waals surface area (Å²) in [5, 5.41) is 8.65. The summed E-state index contributed by atoms with van der Waals surface area (Å²) >= 11 is 7.75. The van der Waals surface area contributed by atoms with E-state index in [1.54, 1.807) is 10.7 Å². The van der Waals surface area contributed by atoms with Crippen LogP contribution in [0, 0.1) is 6.92 Å². The first-order valence-corrected chi connectivity index (χ1v) is 9.37. The molecule has 1 amide bonds. The van der Waals surface area contributed by atoms with E-state index >= 15 is 0 Å². The van der Waals surface area contributed by atoms with E-state index in [4.69, 9.17) is 11.6 Å². The fourth-order valence-corrected chi connectivity index (χ4v) is 4.26. The molecule has 130 valence electrons. The molecule has 4 nitrogen and oxygen atoms in total. The average molecular weight is 382 g/mol. The van der Waals surface area contributed by atoms with Crippen molar-refractivity contribution in [2.45, 2.75) is 13.5 Å². The minimum Gasteiger partial charge on any atom is -0.304 e. The minimum atomic E-state index is -0.239. The second kappa shape index (κ2) is 6.94. The van der Waals surface area contributed by atoms with Crippen molar-refractivity contribution < 1.29 is 4.79 Å². The number of aromatic nitrogens is 2. The molecule has 0 unspecified atom stereocenters. The second-order valence-electron chi connectivity index (χ2n) is 6.08. The van der Waals surface area contributed by atoms with Gasteiger partial charge in [0.25, 0.3) is 5.91 Å². The molecular weight excluding hydrogens is 366 g/mol. The first kappa shape index (κ1) is 16.8. The van der Waals surface area contributed by atoms with Crippen LogP contribution in [0.15, 0.2) is 60.8 Å². The molecule has 0 aliphatic heterocycles. The fourth-order valence-electron chi connectivity index (χ4n) is 2.85. The number of aryl methyl sites for hydroxylation is 1. The van der Waals surface area contributed by atoms with E-state index in [2.05, 4.69) is 35.5 Å². The highest BCUT2D eigenvalue weighted by molar-refractivity contribution is 7.21. The predicted molar refractivity (Wildman–Crippen MR) is 107 cm³/mol. The summed E-state index contributed by atoms with van der Waals surface area (Å²) < 4.78 is 2.80. The number of amides is 1. The summed E-state index contributed by atoms with van der Waals surface area (Å²) in [4.78, 5) is 13.1. The maximum Gasteiger partial charge on any atom is 0.268 e. The van der Waals surface area contributed by atoms with E-state index in [1.165, 1.54) is 22.5 Å². The number of thiophene rings is 1. The Kier molecular flexibility index (Phi) is 4.49. The lowest BCUT2D eigenvalue weighted by Gasteiger charge is -2.03. The van der Waals surface area contributed by atoms with Crippen LogP contribution in [-0.2, 0) is 6.54 Å². The number of hydrogen-bond donors (Lipinski definition) is 1. The summed E-state index contributed by atoms with van der Waals surface area (Å²) in [7, 11) is 0. The third-order valence-electron chi connectivity index (χ3n) is 4.05. The Hall–Kier alpha value is -2.63. The molecule has 0 bridgehead atoms. The molecule has 0 aliphatic rings. The van der Waals surface area contributed by atoms with Gasteiger partial charge in [0.1, 0.15) is 4.88 Å². The van der Waals surface area contributed by atoms with Crippen LogP contribution in [0.1, 0.15) is 20.8 Å². The molecule has 2 aromatic heterocycles. The van der Waals surface area contributed by atoms with Crippen molar-refractivity contribution >= 4 is 44.7 Å². The third-order valence-corrected chi connectivity index (χ3v) is 5.72. The van der Waals surface area contributed by atoms with E-state index in [1.807, 2.05) is 36.5 Å². The van der Waals surface area contributed by atoms with Gasteiger partial charge in [0.2, 0.25) is 0 Å². The molecule has 2 aromatic carbocycles.